The number of aliphatic hydroxyl groups is 1. The average Bonchev–Trinajstić information content (AvgIpc) is 3.27. The van der Waals surface area contributed by atoms with Crippen molar-refractivity contribution in [3.05, 3.63) is 67.8 Å². The van der Waals surface area contributed by atoms with E-state index in [0.29, 0.717) is 53.6 Å². The third kappa shape index (κ3) is 3.95. The van der Waals surface area contributed by atoms with Crippen molar-refractivity contribution in [2.24, 2.45) is 0 Å². The number of rotatable bonds is 4. The van der Waals surface area contributed by atoms with Crippen molar-refractivity contribution in [2.45, 2.75) is 90.5 Å². The first-order valence-corrected chi connectivity index (χ1v) is 14.1. The Morgan fingerprint density at radius 3 is 2.60 bits per heavy atom. The fourth-order valence-corrected chi connectivity index (χ4v) is 6.81. The molecular formula is C32H35FN2O5. The summed E-state index contributed by atoms with van der Waals surface area (Å²) in [4.78, 5) is 39.5. The number of aryl methyl sites for hydroxylation is 1. The summed E-state index contributed by atoms with van der Waals surface area (Å²) in [5.74, 6) is -0.801. The van der Waals surface area contributed by atoms with E-state index >= 15 is 4.39 Å². The molecule has 0 fully saturated rings. The van der Waals surface area contributed by atoms with E-state index in [2.05, 4.69) is 5.32 Å². The van der Waals surface area contributed by atoms with Crippen molar-refractivity contribution in [3.63, 3.8) is 0 Å². The van der Waals surface area contributed by atoms with Crippen LogP contribution in [0.15, 0.2) is 23.0 Å². The molecule has 1 aliphatic heterocycles. The number of ketones is 1. The number of aromatic nitrogens is 1. The van der Waals surface area contributed by atoms with Gasteiger partial charge in [-0.1, -0.05) is 6.92 Å². The van der Waals surface area contributed by atoms with Crippen molar-refractivity contribution in [2.75, 3.05) is 6.61 Å². The van der Waals surface area contributed by atoms with Gasteiger partial charge in [0.15, 0.2) is 5.78 Å². The van der Waals surface area contributed by atoms with Crippen LogP contribution in [0.3, 0.4) is 0 Å². The summed E-state index contributed by atoms with van der Waals surface area (Å²) in [6.07, 6.45) is 1.80. The second-order valence-electron chi connectivity index (χ2n) is 12.4. The fraction of sp³-hybridized carbons (Fsp3) is 0.469. The SMILES string of the molecule is CC[C@@]1(O)C(=O)CCc2c1cc1n(c2=O)Cc2c-1cc1cc(F)c(C)c3c1c2[C@@H](NC(=O)COC(C)(C)C)CC3. The topological polar surface area (TPSA) is 97.6 Å². The number of carbonyl (C=O) groups is 2. The molecule has 6 rings (SSSR count). The molecule has 0 saturated carbocycles. The number of halogens is 1. The third-order valence-corrected chi connectivity index (χ3v) is 8.92. The smallest absolute Gasteiger partial charge is 0.254 e. The average molecular weight is 547 g/mol. The highest BCUT2D eigenvalue weighted by Crippen LogP contribution is 2.47. The van der Waals surface area contributed by atoms with Crippen LogP contribution in [0.2, 0.25) is 0 Å². The zero-order valence-electron chi connectivity index (χ0n) is 23.7. The summed E-state index contributed by atoms with van der Waals surface area (Å²) in [6.45, 7) is 9.43. The molecule has 1 amide bonds. The van der Waals surface area contributed by atoms with Gasteiger partial charge in [0, 0.05) is 23.1 Å². The van der Waals surface area contributed by atoms with E-state index in [1.54, 1.807) is 24.5 Å². The lowest BCUT2D eigenvalue weighted by Gasteiger charge is -2.32. The molecule has 3 aromatic rings. The number of amides is 1. The molecule has 1 aromatic heterocycles. The van der Waals surface area contributed by atoms with Crippen LogP contribution in [0.1, 0.15) is 86.4 Å². The van der Waals surface area contributed by atoms with Crippen LogP contribution in [0.5, 0.6) is 0 Å². The maximum absolute atomic E-state index is 15.1. The van der Waals surface area contributed by atoms with E-state index < -0.39 is 11.2 Å². The molecule has 0 saturated heterocycles. The first kappa shape index (κ1) is 26.8. The molecule has 8 heteroatoms. The van der Waals surface area contributed by atoms with E-state index in [0.717, 1.165) is 27.6 Å². The van der Waals surface area contributed by atoms with Gasteiger partial charge in [0.2, 0.25) is 5.91 Å². The number of hydrogen-bond acceptors (Lipinski definition) is 5. The highest BCUT2D eigenvalue weighted by Gasteiger charge is 2.43. The van der Waals surface area contributed by atoms with Crippen LogP contribution in [-0.4, -0.2) is 33.6 Å². The number of fused-ring (bicyclic) bond motifs is 5. The monoisotopic (exact) mass is 546 g/mol. The van der Waals surface area contributed by atoms with Crippen LogP contribution in [0.25, 0.3) is 22.0 Å². The van der Waals surface area contributed by atoms with Crippen molar-refractivity contribution >= 4 is 22.5 Å². The molecule has 40 heavy (non-hydrogen) atoms. The molecule has 7 nitrogen and oxygen atoms in total. The Hall–Kier alpha value is -3.36. The molecule has 210 valence electrons. The quantitative estimate of drug-likeness (QED) is 0.393. The molecule has 2 atom stereocenters. The minimum Gasteiger partial charge on any atom is -0.377 e. The van der Waals surface area contributed by atoms with Crippen LogP contribution in [-0.2, 0) is 39.3 Å². The molecule has 2 heterocycles. The molecule has 0 unspecified atom stereocenters. The highest BCUT2D eigenvalue weighted by molar-refractivity contribution is 5.98. The lowest BCUT2D eigenvalue weighted by atomic mass is 9.76. The predicted octanol–water partition coefficient (Wildman–Crippen LogP) is 4.51. The first-order valence-electron chi connectivity index (χ1n) is 14.1. The lowest BCUT2D eigenvalue weighted by Crippen LogP contribution is -2.43. The van der Waals surface area contributed by atoms with Gasteiger partial charge in [-0.3, -0.25) is 14.4 Å². The van der Waals surface area contributed by atoms with Crippen molar-refractivity contribution in [1.82, 2.24) is 9.88 Å². The molecule has 0 spiro atoms. The number of ether oxygens (including phenoxy) is 1. The number of pyridine rings is 1. The van der Waals surface area contributed by atoms with Crippen molar-refractivity contribution < 1.29 is 23.8 Å². The molecule has 3 aliphatic rings. The fourth-order valence-electron chi connectivity index (χ4n) is 6.81. The number of benzene rings is 2. The van der Waals surface area contributed by atoms with E-state index in [9.17, 15) is 19.5 Å². The van der Waals surface area contributed by atoms with E-state index in [1.165, 1.54) is 6.07 Å². The minimum absolute atomic E-state index is 0.0799. The van der Waals surface area contributed by atoms with Crippen LogP contribution in [0, 0.1) is 12.7 Å². The van der Waals surface area contributed by atoms with Crippen molar-refractivity contribution in [1.29, 1.82) is 0 Å². The van der Waals surface area contributed by atoms with Crippen LogP contribution < -0.4 is 10.9 Å². The van der Waals surface area contributed by atoms with Gasteiger partial charge in [-0.25, -0.2) is 4.39 Å². The van der Waals surface area contributed by atoms with Crippen molar-refractivity contribution in [3.8, 4) is 11.3 Å². The zero-order chi connectivity index (χ0) is 28.7. The summed E-state index contributed by atoms with van der Waals surface area (Å²) >= 11 is 0. The summed E-state index contributed by atoms with van der Waals surface area (Å²) in [7, 11) is 0. The second kappa shape index (κ2) is 9.08. The van der Waals surface area contributed by atoms with Gasteiger partial charge in [0.05, 0.1) is 23.9 Å². The number of nitrogens with zero attached hydrogens (tertiary/aromatic N) is 1. The highest BCUT2D eigenvalue weighted by atomic mass is 19.1. The summed E-state index contributed by atoms with van der Waals surface area (Å²) in [5, 5.41) is 16.1. The Morgan fingerprint density at radius 1 is 1.15 bits per heavy atom. The Kier molecular flexibility index (Phi) is 6.09. The molecule has 0 bridgehead atoms. The van der Waals surface area contributed by atoms with E-state index in [1.807, 2.05) is 26.8 Å². The molecule has 2 N–H and O–H groups in total. The van der Waals surface area contributed by atoms with Gasteiger partial charge in [0.1, 0.15) is 18.0 Å². The van der Waals surface area contributed by atoms with E-state index in [4.69, 9.17) is 4.74 Å². The molecular weight excluding hydrogens is 511 g/mol. The molecule has 2 aromatic carbocycles. The Morgan fingerprint density at radius 2 is 1.90 bits per heavy atom. The predicted molar refractivity (Wildman–Crippen MR) is 150 cm³/mol. The Bertz CT molecular complexity index is 1680. The standard InChI is InChI=1S/C32H35FN2O5/c1-6-32(39)22-13-25-20-11-17-12-23(33)16(2)18-7-9-24(34-27(37)15-40-31(3,4)5)29(28(17)18)21(20)14-35(25)30(38)19(22)8-10-26(32)36/h11-13,24,39H,6-10,14-15H2,1-5H3,(H,34,37)/t24-,32-/m0/s1. The second-order valence-corrected chi connectivity index (χ2v) is 12.4. The van der Waals surface area contributed by atoms with E-state index in [-0.39, 0.29) is 48.6 Å². The van der Waals surface area contributed by atoms with Gasteiger partial charge in [-0.2, -0.15) is 0 Å². The number of hydrogen-bond donors (Lipinski definition) is 2. The van der Waals surface area contributed by atoms with Gasteiger partial charge in [-0.05, 0) is 105 Å². The summed E-state index contributed by atoms with van der Waals surface area (Å²) in [6, 6.07) is 4.88. The number of nitrogens with one attached hydrogen (secondary N) is 1. The Labute approximate surface area is 232 Å². The molecule has 0 radical (unpaired) electrons. The number of carbonyl (C=O) groups excluding carboxylic acids is 2. The van der Waals surface area contributed by atoms with Crippen LogP contribution >= 0.6 is 0 Å². The third-order valence-electron chi connectivity index (χ3n) is 8.92. The maximum atomic E-state index is 15.1. The number of Topliss-reactive ketones (excluding diaryl/α,β-unsaturated/α-hetero) is 1. The zero-order valence-corrected chi connectivity index (χ0v) is 23.7. The lowest BCUT2D eigenvalue weighted by molar-refractivity contribution is -0.140. The maximum Gasteiger partial charge on any atom is 0.254 e. The van der Waals surface area contributed by atoms with Gasteiger partial charge in [0.25, 0.3) is 5.56 Å². The van der Waals surface area contributed by atoms with Gasteiger partial charge in [-0.15, -0.1) is 0 Å². The Balaban J connectivity index is 1.55. The largest absolute Gasteiger partial charge is 0.377 e. The van der Waals surface area contributed by atoms with Crippen LogP contribution in [0.4, 0.5) is 4.39 Å². The molecule has 2 aliphatic carbocycles. The minimum atomic E-state index is -1.70. The van der Waals surface area contributed by atoms with Gasteiger partial charge >= 0.3 is 0 Å². The van der Waals surface area contributed by atoms with Gasteiger partial charge < -0.3 is 19.7 Å². The normalized spacial score (nSPS) is 21.3. The first-order chi connectivity index (χ1) is 18.8. The summed E-state index contributed by atoms with van der Waals surface area (Å²) in [5.41, 5.74) is 3.20. The summed E-state index contributed by atoms with van der Waals surface area (Å²) < 4.78 is 22.5.